The van der Waals surface area contributed by atoms with Gasteiger partial charge in [-0.25, -0.2) is 4.68 Å². The van der Waals surface area contributed by atoms with E-state index in [9.17, 15) is 0 Å². The van der Waals surface area contributed by atoms with E-state index in [0.717, 1.165) is 11.7 Å². The molecular formula is C10H17N3. The first-order valence-corrected chi connectivity index (χ1v) is 5.08. The first-order chi connectivity index (χ1) is 6.29. The van der Waals surface area contributed by atoms with Gasteiger partial charge >= 0.3 is 0 Å². The van der Waals surface area contributed by atoms with Crippen LogP contribution in [0.1, 0.15) is 38.6 Å². The summed E-state index contributed by atoms with van der Waals surface area (Å²) in [5.74, 6) is 1.52. The van der Waals surface area contributed by atoms with Gasteiger partial charge in [-0.15, -0.1) is 0 Å². The van der Waals surface area contributed by atoms with Gasteiger partial charge in [-0.2, -0.15) is 5.10 Å². The van der Waals surface area contributed by atoms with Crippen LogP contribution in [0.2, 0.25) is 0 Å². The van der Waals surface area contributed by atoms with Gasteiger partial charge < -0.3 is 5.73 Å². The van der Waals surface area contributed by atoms with Crippen molar-refractivity contribution in [2.45, 2.75) is 38.6 Å². The van der Waals surface area contributed by atoms with Crippen molar-refractivity contribution in [3.05, 3.63) is 12.3 Å². The molecule has 0 saturated heterocycles. The minimum absolute atomic E-state index is 0.531. The number of rotatable bonds is 1. The molecular weight excluding hydrogens is 162 g/mol. The lowest BCUT2D eigenvalue weighted by Crippen LogP contribution is -2.23. The summed E-state index contributed by atoms with van der Waals surface area (Å²) in [6, 6.07) is 2.41. The Morgan fingerprint density at radius 3 is 2.85 bits per heavy atom. The molecule has 0 spiro atoms. The summed E-state index contributed by atoms with van der Waals surface area (Å²) in [6.45, 7) is 2.30. The average Bonchev–Trinajstić information content (AvgIpc) is 2.52. The summed E-state index contributed by atoms with van der Waals surface area (Å²) in [6.07, 6.45) is 7.00. The van der Waals surface area contributed by atoms with Crippen LogP contribution in [-0.2, 0) is 0 Å². The molecule has 2 atom stereocenters. The fourth-order valence-electron chi connectivity index (χ4n) is 2.26. The number of anilines is 1. The summed E-state index contributed by atoms with van der Waals surface area (Å²) in [4.78, 5) is 0. The highest BCUT2D eigenvalue weighted by Gasteiger charge is 2.24. The molecule has 2 rings (SSSR count). The summed E-state index contributed by atoms with van der Waals surface area (Å²) >= 11 is 0. The van der Waals surface area contributed by atoms with E-state index in [-0.39, 0.29) is 0 Å². The van der Waals surface area contributed by atoms with E-state index < -0.39 is 0 Å². The van der Waals surface area contributed by atoms with Crippen molar-refractivity contribution in [2.75, 3.05) is 5.73 Å². The molecule has 0 aromatic carbocycles. The van der Waals surface area contributed by atoms with E-state index >= 15 is 0 Å². The zero-order valence-electron chi connectivity index (χ0n) is 8.11. The van der Waals surface area contributed by atoms with E-state index in [1.807, 2.05) is 10.7 Å². The predicted molar refractivity (Wildman–Crippen MR) is 53.3 cm³/mol. The second kappa shape index (κ2) is 3.40. The molecule has 72 valence electrons. The van der Waals surface area contributed by atoms with Crippen molar-refractivity contribution < 1.29 is 0 Å². The van der Waals surface area contributed by atoms with Crippen LogP contribution >= 0.6 is 0 Å². The van der Waals surface area contributed by atoms with Crippen molar-refractivity contribution in [2.24, 2.45) is 5.92 Å². The third-order valence-electron chi connectivity index (χ3n) is 3.08. The standard InChI is InChI=1S/C10H17N3/c1-8-4-2-3-5-9(8)13-10(11)6-7-12-13/h6-9H,2-5,11H2,1H3. The molecule has 1 saturated carbocycles. The summed E-state index contributed by atoms with van der Waals surface area (Å²) in [5, 5.41) is 4.28. The van der Waals surface area contributed by atoms with Crippen molar-refractivity contribution in [3.63, 3.8) is 0 Å². The lowest BCUT2D eigenvalue weighted by Gasteiger charge is -2.29. The number of nitrogen functional groups attached to an aromatic ring is 1. The van der Waals surface area contributed by atoms with Crippen molar-refractivity contribution in [3.8, 4) is 0 Å². The number of hydrogen-bond acceptors (Lipinski definition) is 2. The van der Waals surface area contributed by atoms with E-state index in [2.05, 4.69) is 12.0 Å². The monoisotopic (exact) mass is 179 g/mol. The molecule has 3 nitrogen and oxygen atoms in total. The molecule has 1 aliphatic carbocycles. The van der Waals surface area contributed by atoms with Crippen LogP contribution in [-0.4, -0.2) is 9.78 Å². The van der Waals surface area contributed by atoms with Gasteiger partial charge in [-0.05, 0) is 24.8 Å². The SMILES string of the molecule is CC1CCCCC1n1nccc1N. The normalized spacial score (nSPS) is 29.0. The first kappa shape index (κ1) is 8.60. The molecule has 1 aromatic heterocycles. The number of hydrogen-bond donors (Lipinski definition) is 1. The van der Waals surface area contributed by atoms with Crippen molar-refractivity contribution >= 4 is 5.82 Å². The summed E-state index contributed by atoms with van der Waals surface area (Å²) < 4.78 is 1.99. The Labute approximate surface area is 78.9 Å². The van der Waals surface area contributed by atoms with Crippen LogP contribution in [0.25, 0.3) is 0 Å². The third-order valence-corrected chi connectivity index (χ3v) is 3.08. The Kier molecular flexibility index (Phi) is 2.25. The zero-order chi connectivity index (χ0) is 9.26. The van der Waals surface area contributed by atoms with Crippen molar-refractivity contribution in [1.29, 1.82) is 0 Å². The second-order valence-corrected chi connectivity index (χ2v) is 4.03. The quantitative estimate of drug-likeness (QED) is 0.718. The first-order valence-electron chi connectivity index (χ1n) is 5.08. The molecule has 0 bridgehead atoms. The third kappa shape index (κ3) is 1.55. The average molecular weight is 179 g/mol. The van der Waals surface area contributed by atoms with Crippen LogP contribution in [0, 0.1) is 5.92 Å². The molecule has 3 heteroatoms. The van der Waals surface area contributed by atoms with Crippen LogP contribution in [0.4, 0.5) is 5.82 Å². The van der Waals surface area contributed by atoms with Gasteiger partial charge in [0.25, 0.3) is 0 Å². The summed E-state index contributed by atoms with van der Waals surface area (Å²) in [7, 11) is 0. The molecule has 0 aliphatic heterocycles. The molecule has 1 aliphatic rings. The predicted octanol–water partition coefficient (Wildman–Crippen LogP) is 2.22. The maximum atomic E-state index is 5.83. The van der Waals surface area contributed by atoms with Crippen LogP contribution in [0.15, 0.2) is 12.3 Å². The van der Waals surface area contributed by atoms with Crippen LogP contribution in [0.5, 0.6) is 0 Å². The topological polar surface area (TPSA) is 43.8 Å². The number of aromatic nitrogens is 2. The molecule has 0 radical (unpaired) electrons. The maximum Gasteiger partial charge on any atom is 0.121 e. The van der Waals surface area contributed by atoms with Gasteiger partial charge in [-0.3, -0.25) is 0 Å². The van der Waals surface area contributed by atoms with Gasteiger partial charge in [0.15, 0.2) is 0 Å². The molecule has 13 heavy (non-hydrogen) atoms. The Morgan fingerprint density at radius 1 is 1.46 bits per heavy atom. The minimum atomic E-state index is 0.531. The largest absolute Gasteiger partial charge is 0.384 e. The van der Waals surface area contributed by atoms with Crippen LogP contribution < -0.4 is 5.73 Å². The van der Waals surface area contributed by atoms with E-state index in [1.165, 1.54) is 25.7 Å². The van der Waals surface area contributed by atoms with E-state index in [0.29, 0.717) is 6.04 Å². The zero-order valence-corrected chi connectivity index (χ0v) is 8.11. The van der Waals surface area contributed by atoms with E-state index in [1.54, 1.807) is 6.20 Å². The van der Waals surface area contributed by atoms with Gasteiger partial charge in [0.1, 0.15) is 5.82 Å². The van der Waals surface area contributed by atoms with Crippen LogP contribution in [0.3, 0.4) is 0 Å². The fourth-order valence-corrected chi connectivity index (χ4v) is 2.26. The molecule has 0 amide bonds. The van der Waals surface area contributed by atoms with E-state index in [4.69, 9.17) is 5.73 Å². The molecule has 2 N–H and O–H groups in total. The molecule has 1 heterocycles. The second-order valence-electron chi connectivity index (χ2n) is 4.03. The lowest BCUT2D eigenvalue weighted by molar-refractivity contribution is 0.243. The Morgan fingerprint density at radius 2 is 2.23 bits per heavy atom. The Hall–Kier alpha value is -0.990. The van der Waals surface area contributed by atoms with Gasteiger partial charge in [0.05, 0.1) is 12.2 Å². The highest BCUT2D eigenvalue weighted by molar-refractivity contribution is 5.26. The highest BCUT2D eigenvalue weighted by Crippen LogP contribution is 2.34. The molecule has 1 fully saturated rings. The van der Waals surface area contributed by atoms with Crippen molar-refractivity contribution in [1.82, 2.24) is 9.78 Å². The van der Waals surface area contributed by atoms with Gasteiger partial charge in [0.2, 0.25) is 0 Å². The smallest absolute Gasteiger partial charge is 0.121 e. The highest BCUT2D eigenvalue weighted by atomic mass is 15.3. The van der Waals surface area contributed by atoms with Gasteiger partial charge in [0, 0.05) is 0 Å². The lowest BCUT2D eigenvalue weighted by atomic mass is 9.86. The minimum Gasteiger partial charge on any atom is -0.384 e. The van der Waals surface area contributed by atoms with Gasteiger partial charge in [-0.1, -0.05) is 19.8 Å². The summed E-state index contributed by atoms with van der Waals surface area (Å²) in [5.41, 5.74) is 5.83. The fraction of sp³-hybridized carbons (Fsp3) is 0.700. The number of nitrogens with two attached hydrogens (primary N) is 1. The molecule has 1 aromatic rings. The Balaban J connectivity index is 2.19. The maximum absolute atomic E-state index is 5.83. The molecule has 2 unspecified atom stereocenters. The Bertz CT molecular complexity index is 279. The number of nitrogens with zero attached hydrogens (tertiary/aromatic N) is 2.